The molecular weight excluding hydrogens is 312 g/mol. The van der Waals surface area contributed by atoms with Gasteiger partial charge in [0.05, 0.1) is 0 Å². The van der Waals surface area contributed by atoms with Crippen LogP contribution >= 0.6 is 12.4 Å². The number of nitrogens with one attached hydrogen (secondary N) is 1. The minimum atomic E-state index is -0.467. The topological polar surface area (TPSA) is 41.6 Å². The first-order valence-electron chi connectivity index (χ1n) is 8.03. The Morgan fingerprint density at radius 1 is 1.30 bits per heavy atom. The number of amides is 1. The van der Waals surface area contributed by atoms with Gasteiger partial charge in [-0.15, -0.1) is 12.4 Å². The molecule has 2 rings (SSSR count). The van der Waals surface area contributed by atoms with Crippen molar-refractivity contribution in [1.82, 2.24) is 10.2 Å². The van der Waals surface area contributed by atoms with Crippen molar-refractivity contribution in [3.63, 3.8) is 0 Å². The molecule has 1 aliphatic heterocycles. The first-order valence-corrected chi connectivity index (χ1v) is 8.03. The first-order chi connectivity index (χ1) is 10.3. The monoisotopic (exact) mass is 340 g/mol. The Kier molecular flexibility index (Phi) is 6.90. The van der Waals surface area contributed by atoms with Gasteiger partial charge in [0, 0.05) is 19.6 Å². The summed E-state index contributed by atoms with van der Waals surface area (Å²) in [4.78, 5) is 14.2. The number of hydrogen-bond acceptors (Lipinski definition) is 3. The SMILES string of the molecule is CC(Oc1ccc(C(C)(C)C)cc1)C(=O)N(C)C1CCNC1.Cl. The van der Waals surface area contributed by atoms with Crippen molar-refractivity contribution in [2.45, 2.75) is 51.7 Å². The van der Waals surface area contributed by atoms with Crippen LogP contribution in [0.2, 0.25) is 0 Å². The predicted octanol–water partition coefficient (Wildman–Crippen LogP) is 2.99. The summed E-state index contributed by atoms with van der Waals surface area (Å²) >= 11 is 0. The van der Waals surface area contributed by atoms with Gasteiger partial charge in [0.25, 0.3) is 5.91 Å². The van der Waals surface area contributed by atoms with Crippen molar-refractivity contribution in [2.24, 2.45) is 0 Å². The summed E-state index contributed by atoms with van der Waals surface area (Å²) in [5, 5.41) is 3.28. The Morgan fingerprint density at radius 2 is 1.91 bits per heavy atom. The van der Waals surface area contributed by atoms with Crippen LogP contribution in [0, 0.1) is 0 Å². The van der Waals surface area contributed by atoms with Crippen molar-refractivity contribution in [2.75, 3.05) is 20.1 Å². The molecule has 1 aromatic rings. The minimum Gasteiger partial charge on any atom is -0.481 e. The van der Waals surface area contributed by atoms with Crippen LogP contribution < -0.4 is 10.1 Å². The van der Waals surface area contributed by atoms with Gasteiger partial charge in [0.15, 0.2) is 6.10 Å². The maximum Gasteiger partial charge on any atom is 0.263 e. The van der Waals surface area contributed by atoms with Crippen LogP contribution in [0.5, 0.6) is 5.75 Å². The van der Waals surface area contributed by atoms with Crippen molar-refractivity contribution < 1.29 is 9.53 Å². The second-order valence-corrected chi connectivity index (χ2v) is 7.13. The third-order valence-electron chi connectivity index (χ3n) is 4.31. The van der Waals surface area contributed by atoms with Gasteiger partial charge in [-0.05, 0) is 43.0 Å². The van der Waals surface area contributed by atoms with E-state index in [0.717, 1.165) is 25.3 Å². The number of benzene rings is 1. The average molecular weight is 341 g/mol. The molecule has 23 heavy (non-hydrogen) atoms. The number of rotatable bonds is 4. The fraction of sp³-hybridized carbons (Fsp3) is 0.611. The van der Waals surface area contributed by atoms with E-state index in [1.54, 1.807) is 0 Å². The summed E-state index contributed by atoms with van der Waals surface area (Å²) in [6.07, 6.45) is 0.543. The smallest absolute Gasteiger partial charge is 0.263 e. The molecule has 130 valence electrons. The van der Waals surface area contributed by atoms with Gasteiger partial charge in [-0.1, -0.05) is 32.9 Å². The van der Waals surface area contributed by atoms with E-state index in [1.807, 2.05) is 31.0 Å². The molecule has 0 radical (unpaired) electrons. The molecule has 4 nitrogen and oxygen atoms in total. The van der Waals surface area contributed by atoms with Crippen LogP contribution in [0.4, 0.5) is 0 Å². The maximum absolute atomic E-state index is 12.4. The molecule has 1 heterocycles. The summed E-state index contributed by atoms with van der Waals surface area (Å²) in [6, 6.07) is 8.30. The molecule has 1 fully saturated rings. The third-order valence-corrected chi connectivity index (χ3v) is 4.31. The molecule has 1 N–H and O–H groups in total. The fourth-order valence-electron chi connectivity index (χ4n) is 2.72. The molecule has 0 aliphatic carbocycles. The molecule has 5 heteroatoms. The van der Waals surface area contributed by atoms with Crippen LogP contribution in [0.25, 0.3) is 0 Å². The van der Waals surface area contributed by atoms with Crippen molar-refractivity contribution in [1.29, 1.82) is 0 Å². The van der Waals surface area contributed by atoms with Gasteiger partial charge in [0.2, 0.25) is 0 Å². The zero-order chi connectivity index (χ0) is 16.3. The average Bonchev–Trinajstić information content (AvgIpc) is 2.99. The highest BCUT2D eigenvalue weighted by Crippen LogP contribution is 2.24. The second kappa shape index (κ2) is 8.02. The second-order valence-electron chi connectivity index (χ2n) is 7.13. The Bertz CT molecular complexity index is 505. The van der Waals surface area contributed by atoms with E-state index in [9.17, 15) is 4.79 Å². The summed E-state index contributed by atoms with van der Waals surface area (Å²) in [5.74, 6) is 0.778. The van der Waals surface area contributed by atoms with E-state index >= 15 is 0 Å². The van der Waals surface area contributed by atoms with E-state index in [2.05, 4.69) is 38.2 Å². The minimum absolute atomic E-state index is 0. The van der Waals surface area contributed by atoms with Gasteiger partial charge < -0.3 is 15.0 Å². The molecule has 1 aliphatic rings. The lowest BCUT2D eigenvalue weighted by molar-refractivity contribution is -0.138. The summed E-state index contributed by atoms with van der Waals surface area (Å²) in [5.41, 5.74) is 1.38. The highest BCUT2D eigenvalue weighted by Gasteiger charge is 2.27. The van der Waals surface area contributed by atoms with E-state index in [1.165, 1.54) is 5.56 Å². The molecule has 2 unspecified atom stereocenters. The Labute approximate surface area is 146 Å². The van der Waals surface area contributed by atoms with E-state index in [-0.39, 0.29) is 29.8 Å². The number of hydrogen-bond donors (Lipinski definition) is 1. The number of likely N-dealkylation sites (N-methyl/N-ethyl adjacent to an activating group) is 1. The molecule has 0 spiro atoms. The standard InChI is InChI=1S/C18H28N2O2.ClH/c1-13(17(21)20(5)15-10-11-19-12-15)22-16-8-6-14(7-9-16)18(2,3)4;/h6-9,13,15,19H,10-12H2,1-5H3;1H. The van der Waals surface area contributed by atoms with E-state index in [0.29, 0.717) is 0 Å². The summed E-state index contributed by atoms with van der Waals surface area (Å²) in [6.45, 7) is 10.2. The molecule has 1 saturated heterocycles. The lowest BCUT2D eigenvalue weighted by Gasteiger charge is -2.27. The summed E-state index contributed by atoms with van der Waals surface area (Å²) < 4.78 is 5.81. The Balaban J connectivity index is 0.00000264. The van der Waals surface area contributed by atoms with Crippen molar-refractivity contribution in [3.8, 4) is 5.75 Å². The lowest BCUT2D eigenvalue weighted by atomic mass is 9.87. The Hall–Kier alpha value is -1.26. The summed E-state index contributed by atoms with van der Waals surface area (Å²) in [7, 11) is 1.86. The Morgan fingerprint density at radius 3 is 2.39 bits per heavy atom. The van der Waals surface area contributed by atoms with Crippen LogP contribution in [0.1, 0.15) is 39.7 Å². The highest BCUT2D eigenvalue weighted by molar-refractivity contribution is 5.85. The van der Waals surface area contributed by atoms with E-state index in [4.69, 9.17) is 4.74 Å². The molecular formula is C18H29ClN2O2. The van der Waals surface area contributed by atoms with Gasteiger partial charge in [-0.25, -0.2) is 0 Å². The quantitative estimate of drug-likeness (QED) is 0.916. The molecule has 0 aromatic heterocycles. The number of ether oxygens (including phenoxy) is 1. The fourth-order valence-corrected chi connectivity index (χ4v) is 2.72. The third kappa shape index (κ3) is 5.11. The van der Waals surface area contributed by atoms with Crippen LogP contribution in [-0.4, -0.2) is 43.1 Å². The van der Waals surface area contributed by atoms with Gasteiger partial charge in [-0.3, -0.25) is 4.79 Å². The van der Waals surface area contributed by atoms with Crippen LogP contribution in [0.15, 0.2) is 24.3 Å². The highest BCUT2D eigenvalue weighted by atomic mass is 35.5. The van der Waals surface area contributed by atoms with Crippen molar-refractivity contribution in [3.05, 3.63) is 29.8 Å². The predicted molar refractivity (Wildman–Crippen MR) is 96.5 cm³/mol. The molecule has 1 amide bonds. The first kappa shape index (κ1) is 19.8. The van der Waals surface area contributed by atoms with Crippen molar-refractivity contribution >= 4 is 18.3 Å². The zero-order valence-corrected chi connectivity index (χ0v) is 15.6. The number of halogens is 1. The van der Waals surface area contributed by atoms with Gasteiger partial charge in [0.1, 0.15) is 5.75 Å². The van der Waals surface area contributed by atoms with Gasteiger partial charge >= 0.3 is 0 Å². The zero-order valence-electron chi connectivity index (χ0n) is 14.8. The van der Waals surface area contributed by atoms with E-state index < -0.39 is 6.10 Å². The molecule has 0 saturated carbocycles. The molecule has 1 aromatic carbocycles. The number of carbonyl (C=O) groups excluding carboxylic acids is 1. The lowest BCUT2D eigenvalue weighted by Crippen LogP contribution is -2.44. The number of carbonyl (C=O) groups is 1. The van der Waals surface area contributed by atoms with Crippen LogP contribution in [-0.2, 0) is 10.2 Å². The normalized spacial score (nSPS) is 18.9. The van der Waals surface area contributed by atoms with Crippen LogP contribution in [0.3, 0.4) is 0 Å². The van der Waals surface area contributed by atoms with Gasteiger partial charge in [-0.2, -0.15) is 0 Å². The maximum atomic E-state index is 12.4. The molecule has 2 atom stereocenters. The largest absolute Gasteiger partial charge is 0.481 e. The molecule has 0 bridgehead atoms. The number of nitrogens with zero attached hydrogens (tertiary/aromatic N) is 1.